The third-order valence-corrected chi connectivity index (χ3v) is 2.84. The fraction of sp³-hybridized carbons (Fsp3) is 0.909. The van der Waals surface area contributed by atoms with Crippen molar-refractivity contribution in [2.75, 3.05) is 13.1 Å². The number of hydrogen-bond acceptors (Lipinski definition) is 2. The van der Waals surface area contributed by atoms with Crippen molar-refractivity contribution in [2.45, 2.75) is 52.4 Å². The van der Waals surface area contributed by atoms with Crippen LogP contribution in [0.15, 0.2) is 0 Å². The average molecular weight is 239 g/mol. The summed E-state index contributed by atoms with van der Waals surface area (Å²) >= 11 is 10.1. The van der Waals surface area contributed by atoms with Crippen LogP contribution in [0, 0.1) is 0 Å². The van der Waals surface area contributed by atoms with Crippen LogP contribution in [-0.2, 0) is 12.6 Å². The van der Waals surface area contributed by atoms with E-state index in [2.05, 4.69) is 18.7 Å². The number of hydrogen-bond donors (Lipinski definition) is 0. The van der Waals surface area contributed by atoms with E-state index in [0.717, 1.165) is 13.1 Å². The molecule has 0 saturated heterocycles. The van der Waals surface area contributed by atoms with E-state index in [-0.39, 0.29) is 18.9 Å². The van der Waals surface area contributed by atoms with Crippen molar-refractivity contribution in [3.8, 4) is 0 Å². The predicted octanol–water partition coefficient (Wildman–Crippen LogP) is 0.505. The molecule has 0 aliphatic heterocycles. The molecule has 0 spiro atoms. The Morgan fingerprint density at radius 2 is 1.40 bits per heavy atom. The van der Waals surface area contributed by atoms with Crippen LogP contribution < -0.4 is 18.9 Å². The minimum absolute atomic E-state index is 0. The Kier molecular flexibility index (Phi) is 15.4. The van der Waals surface area contributed by atoms with Crippen molar-refractivity contribution in [2.24, 2.45) is 0 Å². The molecule has 15 heavy (non-hydrogen) atoms. The molecule has 0 aliphatic carbocycles. The molecule has 0 unspecified atom stereocenters. The number of unbranched alkanes of at least 4 members (excludes halogenated alkanes) is 4. The predicted molar refractivity (Wildman–Crippen MR) is 70.6 cm³/mol. The summed E-state index contributed by atoms with van der Waals surface area (Å²) in [6, 6.07) is 0. The zero-order valence-electron chi connectivity index (χ0n) is 10.4. The molecule has 4 heteroatoms. The first-order chi connectivity index (χ1) is 6.72. The summed E-state index contributed by atoms with van der Waals surface area (Å²) in [7, 11) is 0. The molecule has 0 saturated carbocycles. The standard InChI is InChI=1S/C11H23NS2.Li/c1-3-5-7-9-12(11(13)14)10-8-6-4-2;/h3-10H2,1-2H3,(H,13,14);/q;+1/p-1. The van der Waals surface area contributed by atoms with E-state index in [0.29, 0.717) is 4.32 Å². The third kappa shape index (κ3) is 11.0. The molecule has 0 aromatic heterocycles. The zero-order chi connectivity index (χ0) is 10.8. The Morgan fingerprint density at radius 3 is 1.67 bits per heavy atom. The van der Waals surface area contributed by atoms with Crippen molar-refractivity contribution in [3.05, 3.63) is 0 Å². The average Bonchev–Trinajstić information content (AvgIpc) is 2.15. The molecule has 0 aliphatic rings. The summed E-state index contributed by atoms with van der Waals surface area (Å²) in [5, 5.41) is 0. The first-order valence-electron chi connectivity index (χ1n) is 5.68. The molecule has 0 atom stereocenters. The molecule has 1 nitrogen and oxygen atoms in total. The van der Waals surface area contributed by atoms with E-state index in [1.54, 1.807) is 0 Å². The van der Waals surface area contributed by atoms with Crippen molar-refractivity contribution < 1.29 is 18.9 Å². The Hall–Kier alpha value is 0.707. The van der Waals surface area contributed by atoms with Crippen molar-refractivity contribution >= 4 is 29.2 Å². The van der Waals surface area contributed by atoms with Crippen molar-refractivity contribution in [3.63, 3.8) is 0 Å². The molecule has 84 valence electrons. The van der Waals surface area contributed by atoms with Crippen LogP contribution >= 0.6 is 12.2 Å². The second kappa shape index (κ2) is 12.8. The normalized spacial score (nSPS) is 9.47. The van der Waals surface area contributed by atoms with Gasteiger partial charge in [-0.05, 0) is 12.8 Å². The van der Waals surface area contributed by atoms with E-state index in [1.807, 2.05) is 0 Å². The van der Waals surface area contributed by atoms with Crippen LogP contribution in [0.4, 0.5) is 0 Å². The van der Waals surface area contributed by atoms with Gasteiger partial charge in [-0.25, -0.2) is 0 Å². The Balaban J connectivity index is 0. The summed E-state index contributed by atoms with van der Waals surface area (Å²) in [5.41, 5.74) is 0. The Bertz CT molecular complexity index is 144. The van der Waals surface area contributed by atoms with Gasteiger partial charge in [-0.1, -0.05) is 43.9 Å². The van der Waals surface area contributed by atoms with Crippen LogP contribution in [0.2, 0.25) is 0 Å². The maximum atomic E-state index is 5.06. The van der Waals surface area contributed by atoms with Gasteiger partial charge in [-0.15, -0.1) is 0 Å². The summed E-state index contributed by atoms with van der Waals surface area (Å²) in [6.07, 6.45) is 7.52. The quantitative estimate of drug-likeness (QED) is 0.263. The van der Waals surface area contributed by atoms with Crippen LogP contribution in [0.1, 0.15) is 52.4 Å². The SMILES string of the molecule is CCCCCN(CCCCC)C(=S)[S-].[Li+]. The molecule has 0 aromatic rings. The summed E-state index contributed by atoms with van der Waals surface area (Å²) in [5.74, 6) is 0. The molecule has 0 N–H and O–H groups in total. The van der Waals surface area contributed by atoms with E-state index in [9.17, 15) is 0 Å². The Morgan fingerprint density at radius 1 is 1.00 bits per heavy atom. The van der Waals surface area contributed by atoms with Gasteiger partial charge in [0.2, 0.25) is 0 Å². The van der Waals surface area contributed by atoms with Crippen molar-refractivity contribution in [1.29, 1.82) is 0 Å². The van der Waals surface area contributed by atoms with Gasteiger partial charge in [-0.2, -0.15) is 0 Å². The van der Waals surface area contributed by atoms with Gasteiger partial charge in [0.15, 0.2) is 0 Å². The van der Waals surface area contributed by atoms with Gasteiger partial charge in [0.25, 0.3) is 0 Å². The fourth-order valence-corrected chi connectivity index (χ4v) is 1.76. The van der Waals surface area contributed by atoms with Gasteiger partial charge < -0.3 is 29.7 Å². The van der Waals surface area contributed by atoms with Gasteiger partial charge in [-0.3, -0.25) is 0 Å². The van der Waals surface area contributed by atoms with E-state index in [4.69, 9.17) is 24.8 Å². The van der Waals surface area contributed by atoms with Gasteiger partial charge in [0.05, 0.1) is 0 Å². The minimum Gasteiger partial charge on any atom is -0.411 e. The van der Waals surface area contributed by atoms with Gasteiger partial charge >= 0.3 is 18.9 Å². The Labute approximate surface area is 118 Å². The molecule has 0 amide bonds. The minimum atomic E-state index is 0. The fourth-order valence-electron chi connectivity index (χ4n) is 1.40. The summed E-state index contributed by atoms with van der Waals surface area (Å²) in [4.78, 5) is 2.18. The maximum Gasteiger partial charge on any atom is 1.00 e. The van der Waals surface area contributed by atoms with E-state index < -0.39 is 0 Å². The van der Waals surface area contributed by atoms with E-state index >= 15 is 0 Å². The molecular weight excluding hydrogens is 217 g/mol. The molecule has 0 bridgehead atoms. The van der Waals surface area contributed by atoms with Crippen LogP contribution in [0.5, 0.6) is 0 Å². The molecule has 0 fully saturated rings. The molecule has 0 rings (SSSR count). The zero-order valence-corrected chi connectivity index (χ0v) is 12.1. The number of nitrogens with zero attached hydrogens (tertiary/aromatic N) is 1. The topological polar surface area (TPSA) is 3.24 Å². The number of thiocarbonyl (C=S) groups is 1. The van der Waals surface area contributed by atoms with E-state index in [1.165, 1.54) is 38.5 Å². The molecule has 0 heterocycles. The van der Waals surface area contributed by atoms with Gasteiger partial charge in [0.1, 0.15) is 0 Å². The largest absolute Gasteiger partial charge is 1.00 e. The van der Waals surface area contributed by atoms with Crippen LogP contribution in [0.3, 0.4) is 0 Å². The number of rotatable bonds is 8. The maximum absolute atomic E-state index is 5.06. The third-order valence-electron chi connectivity index (χ3n) is 2.32. The second-order valence-corrected chi connectivity index (χ2v) is 4.70. The monoisotopic (exact) mass is 239 g/mol. The summed E-state index contributed by atoms with van der Waals surface area (Å²) in [6.45, 7) is 6.54. The molecule has 0 aromatic carbocycles. The van der Waals surface area contributed by atoms with Crippen molar-refractivity contribution in [1.82, 2.24) is 4.90 Å². The molecule has 0 radical (unpaired) electrons. The van der Waals surface area contributed by atoms with Crippen LogP contribution in [0.25, 0.3) is 0 Å². The van der Waals surface area contributed by atoms with Crippen LogP contribution in [-0.4, -0.2) is 22.3 Å². The first kappa shape index (κ1) is 18.1. The first-order valence-corrected chi connectivity index (χ1v) is 6.50. The summed E-state index contributed by atoms with van der Waals surface area (Å²) < 4.78 is 0.650. The molecular formula is C11H22LiNS2. The van der Waals surface area contributed by atoms with Gasteiger partial charge in [0, 0.05) is 13.1 Å². The smallest absolute Gasteiger partial charge is 0.411 e. The second-order valence-electron chi connectivity index (χ2n) is 3.67.